The Balaban J connectivity index is 0.000000162. The molecule has 2 rings (SSSR count). The fourth-order valence-electron chi connectivity index (χ4n) is 1.99. The van der Waals surface area contributed by atoms with Crippen molar-refractivity contribution in [1.29, 1.82) is 0 Å². The van der Waals surface area contributed by atoms with E-state index in [2.05, 4.69) is 37.3 Å². The van der Waals surface area contributed by atoms with Crippen molar-refractivity contribution >= 4 is 0 Å². The zero-order valence-corrected chi connectivity index (χ0v) is 10.0. The maximum Gasteiger partial charge on any atom is -0.0281 e. The quantitative estimate of drug-likeness (QED) is 0.637. The maximum atomic E-state index is 2.20. The highest BCUT2D eigenvalue weighted by molar-refractivity contribution is 5.14. The fraction of sp³-hybridized carbons (Fsp3) is 0.600. The molecule has 1 fully saturated rings. The third-order valence-corrected chi connectivity index (χ3v) is 2.88. The second kappa shape index (κ2) is 8.52. The predicted octanol–water partition coefficient (Wildman–Crippen LogP) is 4.98. The van der Waals surface area contributed by atoms with Crippen LogP contribution < -0.4 is 0 Å². The van der Waals surface area contributed by atoms with Gasteiger partial charge in [-0.3, -0.25) is 0 Å². The molecule has 0 amide bonds. The molecular weight excluding hydrogens is 180 g/mol. The highest BCUT2D eigenvalue weighted by Crippen LogP contribution is 2.15. The van der Waals surface area contributed by atoms with Crippen LogP contribution in [0.15, 0.2) is 30.3 Å². The minimum atomic E-state index is 1.21. The summed E-state index contributed by atoms with van der Waals surface area (Å²) >= 11 is 0. The summed E-state index contributed by atoms with van der Waals surface area (Å²) < 4.78 is 0. The number of benzene rings is 1. The first-order chi connectivity index (χ1) is 7.43. The smallest absolute Gasteiger partial charge is 0.0281 e. The Kier molecular flexibility index (Phi) is 6.98. The van der Waals surface area contributed by atoms with E-state index in [0.29, 0.717) is 0 Å². The summed E-state index contributed by atoms with van der Waals surface area (Å²) in [4.78, 5) is 0. The van der Waals surface area contributed by atoms with Gasteiger partial charge < -0.3 is 0 Å². The van der Waals surface area contributed by atoms with Crippen LogP contribution in [0.5, 0.6) is 0 Å². The van der Waals surface area contributed by atoms with Crippen LogP contribution in [-0.4, -0.2) is 0 Å². The van der Waals surface area contributed by atoms with E-state index in [1.807, 2.05) is 0 Å². The Morgan fingerprint density at radius 1 is 0.800 bits per heavy atom. The van der Waals surface area contributed by atoms with Crippen molar-refractivity contribution in [3.05, 3.63) is 35.9 Å². The molecule has 1 aromatic rings. The van der Waals surface area contributed by atoms with Crippen LogP contribution in [0.4, 0.5) is 0 Å². The molecule has 1 saturated carbocycles. The Morgan fingerprint density at radius 2 is 1.27 bits per heavy atom. The number of hydrogen-bond acceptors (Lipinski definition) is 0. The predicted molar refractivity (Wildman–Crippen MR) is 68.1 cm³/mol. The second-order valence-electron chi connectivity index (χ2n) is 4.36. The van der Waals surface area contributed by atoms with Gasteiger partial charge in [0.1, 0.15) is 0 Å². The summed E-state index contributed by atoms with van der Waals surface area (Å²) in [5, 5.41) is 0. The van der Waals surface area contributed by atoms with Gasteiger partial charge in [0.2, 0.25) is 0 Å². The molecule has 1 aromatic carbocycles. The van der Waals surface area contributed by atoms with Gasteiger partial charge in [0.15, 0.2) is 0 Å². The molecule has 0 aromatic heterocycles. The molecular formula is C15H24. The first-order valence-corrected chi connectivity index (χ1v) is 6.47. The molecule has 84 valence electrons. The zero-order chi connectivity index (χ0) is 10.8. The molecule has 0 spiro atoms. The van der Waals surface area contributed by atoms with Gasteiger partial charge in [0.25, 0.3) is 0 Å². The summed E-state index contributed by atoms with van der Waals surface area (Å²) in [5.74, 6) is 0. The van der Waals surface area contributed by atoms with E-state index in [1.165, 1.54) is 56.9 Å². The monoisotopic (exact) mass is 204 g/mol. The summed E-state index contributed by atoms with van der Waals surface area (Å²) in [6.45, 7) is 2.20. The number of rotatable bonds is 2. The van der Waals surface area contributed by atoms with E-state index >= 15 is 0 Å². The molecule has 15 heavy (non-hydrogen) atoms. The van der Waals surface area contributed by atoms with Crippen LogP contribution in [0.1, 0.15) is 57.4 Å². The van der Waals surface area contributed by atoms with Crippen molar-refractivity contribution in [3.8, 4) is 0 Å². The summed E-state index contributed by atoms with van der Waals surface area (Å²) in [6, 6.07) is 10.6. The molecule has 0 bridgehead atoms. The van der Waals surface area contributed by atoms with Gasteiger partial charge >= 0.3 is 0 Å². The lowest BCUT2D eigenvalue weighted by atomic mass is 10.0. The summed E-state index contributed by atoms with van der Waals surface area (Å²) in [6.07, 6.45) is 11.4. The zero-order valence-electron chi connectivity index (χ0n) is 10.0. The average Bonchev–Trinajstić information content (AvgIpc) is 2.34. The van der Waals surface area contributed by atoms with Gasteiger partial charge in [-0.1, -0.05) is 82.2 Å². The highest BCUT2D eigenvalue weighted by atomic mass is 14.0. The van der Waals surface area contributed by atoms with Gasteiger partial charge in [-0.2, -0.15) is 0 Å². The lowest BCUT2D eigenvalue weighted by Crippen LogP contribution is -1.85. The van der Waals surface area contributed by atoms with Crippen molar-refractivity contribution in [2.24, 2.45) is 0 Å². The van der Waals surface area contributed by atoms with Gasteiger partial charge in [0, 0.05) is 0 Å². The fourth-order valence-corrected chi connectivity index (χ4v) is 1.99. The van der Waals surface area contributed by atoms with Crippen molar-refractivity contribution in [2.75, 3.05) is 0 Å². The second-order valence-corrected chi connectivity index (χ2v) is 4.36. The first kappa shape index (κ1) is 12.3. The Hall–Kier alpha value is -0.780. The van der Waals surface area contributed by atoms with E-state index < -0.39 is 0 Å². The third kappa shape index (κ3) is 6.33. The number of hydrogen-bond donors (Lipinski definition) is 0. The summed E-state index contributed by atoms with van der Waals surface area (Å²) in [7, 11) is 0. The lowest BCUT2D eigenvalue weighted by molar-refractivity contribution is 0.504. The molecule has 0 saturated heterocycles. The molecule has 0 radical (unpaired) electrons. The number of aryl methyl sites for hydroxylation is 1. The van der Waals surface area contributed by atoms with E-state index in [-0.39, 0.29) is 0 Å². The first-order valence-electron chi connectivity index (χ1n) is 6.47. The standard InChI is InChI=1S/C9H12.C6H12/c1-2-6-9-7-4-3-5-8-9;1-2-4-6-5-3-1/h3-5,7-8H,2,6H2,1H3;1-6H2. The molecule has 0 nitrogen and oxygen atoms in total. The minimum absolute atomic E-state index is 1.21. The third-order valence-electron chi connectivity index (χ3n) is 2.88. The van der Waals surface area contributed by atoms with E-state index in [1.54, 1.807) is 0 Å². The Bertz CT molecular complexity index is 210. The van der Waals surface area contributed by atoms with Crippen LogP contribution in [-0.2, 0) is 6.42 Å². The van der Waals surface area contributed by atoms with Crippen molar-refractivity contribution < 1.29 is 0 Å². The van der Waals surface area contributed by atoms with E-state index in [4.69, 9.17) is 0 Å². The van der Waals surface area contributed by atoms with E-state index in [9.17, 15) is 0 Å². The molecule has 1 aliphatic carbocycles. The van der Waals surface area contributed by atoms with Crippen LogP contribution in [0, 0.1) is 0 Å². The Morgan fingerprint density at radius 3 is 1.67 bits per heavy atom. The van der Waals surface area contributed by atoms with Gasteiger partial charge in [-0.05, 0) is 12.0 Å². The topological polar surface area (TPSA) is 0 Å². The molecule has 0 atom stereocenters. The molecule has 1 aliphatic rings. The average molecular weight is 204 g/mol. The molecule has 0 heteroatoms. The lowest BCUT2D eigenvalue weighted by Gasteiger charge is -2.05. The largest absolute Gasteiger partial charge is 0.0651 e. The van der Waals surface area contributed by atoms with Gasteiger partial charge in [-0.15, -0.1) is 0 Å². The van der Waals surface area contributed by atoms with Crippen LogP contribution in [0.3, 0.4) is 0 Å². The molecule has 0 N–H and O–H groups in total. The maximum absolute atomic E-state index is 2.20. The van der Waals surface area contributed by atoms with Crippen molar-refractivity contribution in [3.63, 3.8) is 0 Å². The van der Waals surface area contributed by atoms with Crippen LogP contribution in [0.25, 0.3) is 0 Å². The molecule has 0 aliphatic heterocycles. The molecule has 0 unspecified atom stereocenters. The normalized spacial score (nSPS) is 15.3. The van der Waals surface area contributed by atoms with Gasteiger partial charge in [0.05, 0.1) is 0 Å². The highest BCUT2D eigenvalue weighted by Gasteiger charge is 1.95. The van der Waals surface area contributed by atoms with Crippen molar-refractivity contribution in [1.82, 2.24) is 0 Å². The minimum Gasteiger partial charge on any atom is -0.0651 e. The SMILES string of the molecule is C1CCCCC1.CCCc1ccccc1. The summed E-state index contributed by atoms with van der Waals surface area (Å²) in [5.41, 5.74) is 1.44. The Labute approximate surface area is 94.7 Å². The molecule has 0 heterocycles. The van der Waals surface area contributed by atoms with Crippen molar-refractivity contribution in [2.45, 2.75) is 58.3 Å². The van der Waals surface area contributed by atoms with E-state index in [0.717, 1.165) is 0 Å². The van der Waals surface area contributed by atoms with Gasteiger partial charge in [-0.25, -0.2) is 0 Å². The van der Waals surface area contributed by atoms with Crippen LogP contribution in [0.2, 0.25) is 0 Å². The van der Waals surface area contributed by atoms with Crippen LogP contribution >= 0.6 is 0 Å².